The van der Waals surface area contributed by atoms with Gasteiger partial charge in [0.15, 0.2) is 0 Å². The minimum atomic E-state index is -3.73. The van der Waals surface area contributed by atoms with Crippen molar-refractivity contribution in [1.82, 2.24) is 4.98 Å². The van der Waals surface area contributed by atoms with Crippen LogP contribution in [0.4, 0.5) is 0 Å². The third-order valence-corrected chi connectivity index (χ3v) is 3.26. The highest BCUT2D eigenvalue weighted by molar-refractivity contribution is 8.13. The minimum absolute atomic E-state index is 0.0485. The van der Waals surface area contributed by atoms with Gasteiger partial charge >= 0.3 is 0 Å². The summed E-state index contributed by atoms with van der Waals surface area (Å²) in [6, 6.07) is 2.80. The van der Waals surface area contributed by atoms with Crippen molar-refractivity contribution in [2.24, 2.45) is 5.92 Å². The van der Waals surface area contributed by atoms with Crippen molar-refractivity contribution in [3.63, 3.8) is 0 Å². The van der Waals surface area contributed by atoms with Gasteiger partial charge in [0.2, 0.25) is 5.88 Å². The number of hydrogen-bond acceptors (Lipinski definition) is 5. The molecular formula is C11H16ClNO4S. The lowest BCUT2D eigenvalue weighted by Gasteiger charge is -2.08. The normalized spacial score (nSPS) is 11.8. The van der Waals surface area contributed by atoms with Gasteiger partial charge in [-0.25, -0.2) is 13.4 Å². The summed E-state index contributed by atoms with van der Waals surface area (Å²) >= 11 is 0. The van der Waals surface area contributed by atoms with E-state index < -0.39 is 9.05 Å². The predicted octanol–water partition coefficient (Wildman–Crippen LogP) is 2.06. The maximum atomic E-state index is 11.0. The van der Waals surface area contributed by atoms with Crippen LogP contribution in [0, 0.1) is 5.92 Å². The highest BCUT2D eigenvalue weighted by Crippen LogP contribution is 2.15. The van der Waals surface area contributed by atoms with Gasteiger partial charge in [0.1, 0.15) is 11.5 Å². The Labute approximate surface area is 112 Å². The maximum absolute atomic E-state index is 11.0. The molecule has 1 heterocycles. The molecule has 0 fully saturated rings. The Bertz CT molecular complexity index is 458. The van der Waals surface area contributed by atoms with Crippen LogP contribution in [0.2, 0.25) is 0 Å². The van der Waals surface area contributed by atoms with Gasteiger partial charge in [-0.05, 0) is 12.0 Å². The summed E-state index contributed by atoms with van der Waals surface area (Å²) in [5, 5.41) is 0. The second-order valence-electron chi connectivity index (χ2n) is 4.09. The Morgan fingerprint density at radius 2 is 2.06 bits per heavy atom. The molecule has 1 aromatic rings. The lowest BCUT2D eigenvalue weighted by atomic mass is 10.2. The first-order valence-corrected chi connectivity index (χ1v) is 7.82. The molecule has 0 unspecified atom stereocenters. The van der Waals surface area contributed by atoms with Gasteiger partial charge in [-0.3, -0.25) is 0 Å². The summed E-state index contributed by atoms with van der Waals surface area (Å²) < 4.78 is 32.6. The Morgan fingerprint density at radius 1 is 1.33 bits per heavy atom. The van der Waals surface area contributed by atoms with Crippen LogP contribution < -0.4 is 4.74 Å². The van der Waals surface area contributed by atoms with Gasteiger partial charge in [0.25, 0.3) is 9.05 Å². The summed E-state index contributed by atoms with van der Waals surface area (Å²) in [5.41, 5.74) is 0. The monoisotopic (exact) mass is 293 g/mol. The lowest BCUT2D eigenvalue weighted by Crippen LogP contribution is -2.10. The smallest absolute Gasteiger partial charge is 0.262 e. The van der Waals surface area contributed by atoms with E-state index in [4.69, 9.17) is 20.2 Å². The van der Waals surface area contributed by atoms with Gasteiger partial charge in [-0.1, -0.05) is 13.8 Å². The average molecular weight is 294 g/mol. The van der Waals surface area contributed by atoms with Crippen molar-refractivity contribution in [2.75, 3.05) is 19.8 Å². The minimum Gasteiger partial charge on any atom is -0.475 e. The molecule has 0 saturated heterocycles. The van der Waals surface area contributed by atoms with Gasteiger partial charge in [0, 0.05) is 23.4 Å². The molecule has 0 bridgehead atoms. The second-order valence-corrected chi connectivity index (χ2v) is 6.65. The van der Waals surface area contributed by atoms with E-state index in [1.165, 1.54) is 12.1 Å². The first kappa shape index (κ1) is 15.2. The number of halogens is 1. The van der Waals surface area contributed by atoms with Crippen LogP contribution in [-0.4, -0.2) is 33.2 Å². The Kier molecular flexibility index (Phi) is 5.84. The zero-order valence-corrected chi connectivity index (χ0v) is 11.9. The van der Waals surface area contributed by atoms with E-state index >= 15 is 0 Å². The largest absolute Gasteiger partial charge is 0.475 e. The van der Waals surface area contributed by atoms with Gasteiger partial charge in [0.05, 0.1) is 12.8 Å². The summed E-state index contributed by atoms with van der Waals surface area (Å²) in [7, 11) is 1.43. The van der Waals surface area contributed by atoms with E-state index in [1.54, 1.807) is 0 Å². The summed E-state index contributed by atoms with van der Waals surface area (Å²) in [5.74, 6) is 0.823. The Balaban J connectivity index is 2.36. The molecule has 0 amide bonds. The van der Waals surface area contributed by atoms with Gasteiger partial charge in [-0.15, -0.1) is 0 Å². The molecule has 1 aromatic heterocycles. The van der Waals surface area contributed by atoms with Crippen LogP contribution in [-0.2, 0) is 13.8 Å². The third-order valence-electron chi connectivity index (χ3n) is 1.92. The van der Waals surface area contributed by atoms with Crippen molar-refractivity contribution in [2.45, 2.75) is 18.7 Å². The van der Waals surface area contributed by atoms with E-state index in [0.717, 1.165) is 6.20 Å². The molecule has 0 atom stereocenters. The SMILES string of the molecule is CC(C)COCCOc1ccc(S(=O)(=O)Cl)cn1. The molecule has 7 heteroatoms. The molecule has 0 aliphatic carbocycles. The zero-order chi connectivity index (χ0) is 13.6. The summed E-state index contributed by atoms with van der Waals surface area (Å²) in [6.45, 7) is 5.64. The number of ether oxygens (including phenoxy) is 2. The number of nitrogens with zero attached hydrogens (tertiary/aromatic N) is 1. The van der Waals surface area contributed by atoms with Crippen molar-refractivity contribution in [3.05, 3.63) is 18.3 Å². The molecule has 0 saturated carbocycles. The fraction of sp³-hybridized carbons (Fsp3) is 0.545. The molecule has 0 aliphatic rings. The number of pyridine rings is 1. The number of hydrogen-bond donors (Lipinski definition) is 0. The fourth-order valence-electron chi connectivity index (χ4n) is 1.12. The van der Waals surface area contributed by atoms with E-state index in [9.17, 15) is 8.42 Å². The van der Waals surface area contributed by atoms with Crippen molar-refractivity contribution in [3.8, 4) is 5.88 Å². The van der Waals surface area contributed by atoms with Crippen LogP contribution in [0.1, 0.15) is 13.8 Å². The molecule has 0 N–H and O–H groups in total. The summed E-state index contributed by atoms with van der Waals surface area (Å²) in [6.07, 6.45) is 1.16. The van der Waals surface area contributed by atoms with Crippen LogP contribution >= 0.6 is 10.7 Å². The molecule has 0 spiro atoms. The molecule has 0 radical (unpaired) electrons. The Morgan fingerprint density at radius 3 is 2.56 bits per heavy atom. The van der Waals surface area contributed by atoms with Gasteiger partial charge in [-0.2, -0.15) is 0 Å². The highest BCUT2D eigenvalue weighted by Gasteiger charge is 2.10. The van der Waals surface area contributed by atoms with Crippen LogP contribution in [0.15, 0.2) is 23.2 Å². The van der Waals surface area contributed by atoms with Crippen LogP contribution in [0.5, 0.6) is 5.88 Å². The van der Waals surface area contributed by atoms with Gasteiger partial charge < -0.3 is 9.47 Å². The number of rotatable bonds is 7. The molecule has 102 valence electrons. The maximum Gasteiger partial charge on any atom is 0.262 e. The van der Waals surface area contributed by atoms with E-state index in [1.807, 2.05) is 0 Å². The van der Waals surface area contributed by atoms with E-state index in [2.05, 4.69) is 18.8 Å². The Hall–Kier alpha value is -0.850. The summed E-state index contributed by atoms with van der Waals surface area (Å²) in [4.78, 5) is 3.79. The van der Waals surface area contributed by atoms with Crippen molar-refractivity contribution < 1.29 is 17.9 Å². The van der Waals surface area contributed by atoms with Crippen molar-refractivity contribution >= 4 is 19.7 Å². The molecule has 5 nitrogen and oxygen atoms in total. The standard InChI is InChI=1S/C11H16ClNO4S/c1-9(2)8-16-5-6-17-11-4-3-10(7-13-11)18(12,14)15/h3-4,7,9H,5-6,8H2,1-2H3. The van der Waals surface area contributed by atoms with Crippen molar-refractivity contribution in [1.29, 1.82) is 0 Å². The molecule has 0 aromatic carbocycles. The molecule has 0 aliphatic heterocycles. The first-order chi connectivity index (χ1) is 8.39. The topological polar surface area (TPSA) is 65.5 Å². The molecule has 1 rings (SSSR count). The molecular weight excluding hydrogens is 278 g/mol. The highest BCUT2D eigenvalue weighted by atomic mass is 35.7. The second kappa shape index (κ2) is 6.92. The first-order valence-electron chi connectivity index (χ1n) is 5.51. The quantitative estimate of drug-likeness (QED) is 0.569. The zero-order valence-electron chi connectivity index (χ0n) is 10.3. The van der Waals surface area contributed by atoms with Crippen LogP contribution in [0.3, 0.4) is 0 Å². The number of aromatic nitrogens is 1. The molecule has 18 heavy (non-hydrogen) atoms. The lowest BCUT2D eigenvalue weighted by molar-refractivity contribution is 0.0806. The van der Waals surface area contributed by atoms with Crippen LogP contribution in [0.25, 0.3) is 0 Å². The van der Waals surface area contributed by atoms with E-state index in [0.29, 0.717) is 31.6 Å². The average Bonchev–Trinajstić information content (AvgIpc) is 2.27. The fourth-order valence-corrected chi connectivity index (χ4v) is 1.80. The predicted molar refractivity (Wildman–Crippen MR) is 68.4 cm³/mol. The third kappa shape index (κ3) is 5.66. The van der Waals surface area contributed by atoms with E-state index in [-0.39, 0.29) is 4.90 Å².